The Morgan fingerprint density at radius 2 is 1.00 bits per heavy atom. The first-order valence-corrected chi connectivity index (χ1v) is 17.2. The standard InChI is InChI=1S/C38H38O10S/c1-3-25-44-30-11-5-28(6-12-30)9-23-37(40)47-32-15-19-34(20-16-32)49(42,43)35-21-17-33(18-22-35)48-38(41)24-10-29-7-13-31(14-8-29)45-26-27-46-36(39)4-2/h4-8,11-22H,2-3,9-10,23-27H2,1H3. The third kappa shape index (κ3) is 11.7. The number of aryl methyl sites for hydroxylation is 2. The fourth-order valence-corrected chi connectivity index (χ4v) is 5.71. The third-order valence-electron chi connectivity index (χ3n) is 7.05. The van der Waals surface area contributed by atoms with Gasteiger partial charge < -0.3 is 23.7 Å². The van der Waals surface area contributed by atoms with Gasteiger partial charge in [-0.1, -0.05) is 37.8 Å². The van der Waals surface area contributed by atoms with Crippen molar-refractivity contribution in [3.05, 3.63) is 121 Å². The van der Waals surface area contributed by atoms with Gasteiger partial charge in [0.25, 0.3) is 0 Å². The molecule has 0 aliphatic carbocycles. The largest absolute Gasteiger partial charge is 0.494 e. The minimum atomic E-state index is -3.88. The minimum Gasteiger partial charge on any atom is -0.494 e. The van der Waals surface area contributed by atoms with Crippen LogP contribution in [0.15, 0.2) is 120 Å². The number of hydrogen-bond acceptors (Lipinski definition) is 10. The van der Waals surface area contributed by atoms with Gasteiger partial charge in [-0.3, -0.25) is 9.59 Å². The van der Waals surface area contributed by atoms with Crippen LogP contribution in [0.2, 0.25) is 0 Å². The highest BCUT2D eigenvalue weighted by atomic mass is 32.2. The minimum absolute atomic E-state index is 0.0179. The summed E-state index contributed by atoms with van der Waals surface area (Å²) in [6.45, 7) is 6.30. The monoisotopic (exact) mass is 686 g/mol. The molecule has 0 atom stereocenters. The molecular formula is C38H38O10S. The van der Waals surface area contributed by atoms with E-state index in [4.69, 9.17) is 23.7 Å². The van der Waals surface area contributed by atoms with Crippen molar-refractivity contribution in [2.45, 2.75) is 48.8 Å². The Bertz CT molecular complexity index is 1800. The summed E-state index contributed by atoms with van der Waals surface area (Å²) in [5.41, 5.74) is 1.87. The predicted molar refractivity (Wildman–Crippen MR) is 182 cm³/mol. The van der Waals surface area contributed by atoms with E-state index in [2.05, 4.69) is 6.58 Å². The van der Waals surface area contributed by atoms with Crippen molar-refractivity contribution in [1.29, 1.82) is 0 Å². The molecule has 0 fully saturated rings. The number of ether oxygens (including phenoxy) is 5. The van der Waals surface area contributed by atoms with Crippen molar-refractivity contribution < 1.29 is 46.5 Å². The molecule has 256 valence electrons. The van der Waals surface area contributed by atoms with Crippen molar-refractivity contribution in [3.63, 3.8) is 0 Å². The van der Waals surface area contributed by atoms with E-state index in [-0.39, 0.29) is 47.3 Å². The van der Waals surface area contributed by atoms with Gasteiger partial charge in [0.2, 0.25) is 9.84 Å². The first kappa shape index (κ1) is 36.4. The molecule has 4 aromatic carbocycles. The zero-order valence-corrected chi connectivity index (χ0v) is 28.0. The van der Waals surface area contributed by atoms with Gasteiger partial charge >= 0.3 is 17.9 Å². The van der Waals surface area contributed by atoms with Crippen molar-refractivity contribution in [2.75, 3.05) is 19.8 Å². The highest BCUT2D eigenvalue weighted by molar-refractivity contribution is 7.91. The molecule has 0 aliphatic heterocycles. The maximum absolute atomic E-state index is 13.2. The van der Waals surface area contributed by atoms with E-state index in [1.807, 2.05) is 43.3 Å². The molecule has 0 amide bonds. The zero-order chi connectivity index (χ0) is 35.1. The molecule has 0 heterocycles. The zero-order valence-electron chi connectivity index (χ0n) is 27.2. The quantitative estimate of drug-likeness (QED) is 0.0495. The van der Waals surface area contributed by atoms with Crippen molar-refractivity contribution >= 4 is 27.7 Å². The molecule has 0 N–H and O–H groups in total. The Kier molecular flexibility index (Phi) is 13.5. The summed E-state index contributed by atoms with van der Waals surface area (Å²) in [4.78, 5) is 35.9. The number of carbonyl (C=O) groups is 3. The van der Waals surface area contributed by atoms with Gasteiger partial charge in [0, 0.05) is 18.9 Å². The Balaban J connectivity index is 1.21. The fourth-order valence-electron chi connectivity index (χ4n) is 4.45. The molecule has 11 heteroatoms. The second-order valence-electron chi connectivity index (χ2n) is 10.8. The summed E-state index contributed by atoms with van der Waals surface area (Å²) in [6.07, 6.45) is 3.19. The van der Waals surface area contributed by atoms with Gasteiger partial charge in [-0.2, -0.15) is 0 Å². The fraction of sp³-hybridized carbons (Fsp3) is 0.237. The topological polar surface area (TPSA) is 132 Å². The number of hydrogen-bond donors (Lipinski definition) is 0. The van der Waals surface area contributed by atoms with Gasteiger partial charge in [0.1, 0.15) is 36.2 Å². The van der Waals surface area contributed by atoms with Crippen LogP contribution in [0.3, 0.4) is 0 Å². The molecule has 4 rings (SSSR count). The third-order valence-corrected chi connectivity index (χ3v) is 8.84. The van der Waals surface area contributed by atoms with Gasteiger partial charge in [-0.05, 0) is 103 Å². The van der Waals surface area contributed by atoms with E-state index < -0.39 is 27.7 Å². The van der Waals surface area contributed by atoms with Crippen LogP contribution in [0.5, 0.6) is 23.0 Å². The molecule has 49 heavy (non-hydrogen) atoms. The predicted octanol–water partition coefficient (Wildman–Crippen LogP) is 6.49. The van der Waals surface area contributed by atoms with Gasteiger partial charge in [-0.25, -0.2) is 13.2 Å². The Hall–Kier alpha value is -5.42. The van der Waals surface area contributed by atoms with E-state index in [1.165, 1.54) is 48.5 Å². The lowest BCUT2D eigenvalue weighted by molar-refractivity contribution is -0.138. The second-order valence-corrected chi connectivity index (χ2v) is 12.7. The molecule has 0 spiro atoms. The summed E-state index contributed by atoms with van der Waals surface area (Å²) in [5, 5.41) is 0. The average molecular weight is 687 g/mol. The van der Waals surface area contributed by atoms with Gasteiger partial charge in [0.15, 0.2) is 0 Å². The normalized spacial score (nSPS) is 10.9. The molecule has 0 saturated carbocycles. The van der Waals surface area contributed by atoms with E-state index in [1.54, 1.807) is 12.1 Å². The van der Waals surface area contributed by atoms with Crippen LogP contribution in [-0.2, 0) is 41.8 Å². The summed E-state index contributed by atoms with van der Waals surface area (Å²) in [7, 11) is -3.88. The van der Waals surface area contributed by atoms with Crippen LogP contribution in [0, 0.1) is 0 Å². The lowest BCUT2D eigenvalue weighted by atomic mass is 10.1. The SMILES string of the molecule is C=CC(=O)OCCOc1ccc(CCC(=O)Oc2ccc(S(=O)(=O)c3ccc(OC(=O)CCc4ccc(OCCC)cc4)cc3)cc2)cc1. The summed E-state index contributed by atoms with van der Waals surface area (Å²) >= 11 is 0. The van der Waals surface area contributed by atoms with Crippen LogP contribution >= 0.6 is 0 Å². The van der Waals surface area contributed by atoms with Crippen LogP contribution < -0.4 is 18.9 Å². The Morgan fingerprint density at radius 3 is 1.41 bits per heavy atom. The summed E-state index contributed by atoms with van der Waals surface area (Å²) in [5.74, 6) is 0.411. The average Bonchev–Trinajstić information content (AvgIpc) is 3.12. The smallest absolute Gasteiger partial charge is 0.330 e. The van der Waals surface area contributed by atoms with Gasteiger partial charge in [0.05, 0.1) is 16.4 Å². The number of rotatable bonds is 18. The lowest BCUT2D eigenvalue weighted by Crippen LogP contribution is -2.10. The molecule has 0 bridgehead atoms. The molecule has 0 unspecified atom stereocenters. The first-order chi connectivity index (χ1) is 23.7. The van der Waals surface area contributed by atoms with Crippen molar-refractivity contribution in [3.8, 4) is 23.0 Å². The second kappa shape index (κ2) is 18.2. The number of esters is 3. The Labute approximate surface area is 286 Å². The van der Waals surface area contributed by atoms with Crippen LogP contribution in [0.1, 0.15) is 37.3 Å². The van der Waals surface area contributed by atoms with E-state index >= 15 is 0 Å². The van der Waals surface area contributed by atoms with Crippen LogP contribution in [0.25, 0.3) is 0 Å². The molecule has 0 radical (unpaired) electrons. The summed E-state index contributed by atoms with van der Waals surface area (Å²) in [6, 6.07) is 25.9. The van der Waals surface area contributed by atoms with Gasteiger partial charge in [-0.15, -0.1) is 0 Å². The van der Waals surface area contributed by atoms with E-state index in [9.17, 15) is 22.8 Å². The molecule has 0 aromatic heterocycles. The molecular weight excluding hydrogens is 648 g/mol. The number of carbonyl (C=O) groups excluding carboxylic acids is 3. The Morgan fingerprint density at radius 1 is 0.592 bits per heavy atom. The lowest BCUT2D eigenvalue weighted by Gasteiger charge is -2.09. The maximum Gasteiger partial charge on any atom is 0.330 e. The summed E-state index contributed by atoms with van der Waals surface area (Å²) < 4.78 is 53.1. The maximum atomic E-state index is 13.2. The van der Waals surface area contributed by atoms with Crippen LogP contribution in [0.4, 0.5) is 0 Å². The molecule has 10 nitrogen and oxygen atoms in total. The molecule has 0 aliphatic rings. The number of benzene rings is 4. The highest BCUT2D eigenvalue weighted by Crippen LogP contribution is 2.26. The van der Waals surface area contributed by atoms with Crippen molar-refractivity contribution in [1.82, 2.24) is 0 Å². The molecule has 0 saturated heterocycles. The first-order valence-electron chi connectivity index (χ1n) is 15.8. The highest BCUT2D eigenvalue weighted by Gasteiger charge is 2.19. The van der Waals surface area contributed by atoms with E-state index in [0.29, 0.717) is 25.2 Å². The number of sulfone groups is 1. The molecule has 4 aromatic rings. The van der Waals surface area contributed by atoms with Crippen LogP contribution in [-0.4, -0.2) is 46.1 Å². The van der Waals surface area contributed by atoms with E-state index in [0.717, 1.165) is 29.4 Å². The van der Waals surface area contributed by atoms with Crippen molar-refractivity contribution in [2.24, 2.45) is 0 Å².